The highest BCUT2D eigenvalue weighted by molar-refractivity contribution is 5.94. The summed E-state index contributed by atoms with van der Waals surface area (Å²) in [4.78, 5) is 16.2. The second-order valence-electron chi connectivity index (χ2n) is 4.81. The minimum absolute atomic E-state index is 0.115. The van der Waals surface area contributed by atoms with E-state index in [9.17, 15) is 4.79 Å². The summed E-state index contributed by atoms with van der Waals surface area (Å²) in [6.07, 6.45) is 6.22. The van der Waals surface area contributed by atoms with Gasteiger partial charge >= 0.3 is 0 Å². The molecule has 0 spiro atoms. The number of hydrogen-bond acceptors (Lipinski definition) is 4. The fourth-order valence-corrected chi connectivity index (χ4v) is 2.34. The maximum Gasteiger partial charge on any atom is 0.253 e. The lowest BCUT2D eigenvalue weighted by Gasteiger charge is -2.12. The second kappa shape index (κ2) is 7.04. The van der Waals surface area contributed by atoms with Gasteiger partial charge in [-0.2, -0.15) is 0 Å². The Morgan fingerprint density at radius 1 is 1.55 bits per heavy atom. The molecule has 5 nitrogen and oxygen atoms in total. The van der Waals surface area contributed by atoms with Gasteiger partial charge in [0.25, 0.3) is 5.91 Å². The van der Waals surface area contributed by atoms with Crippen molar-refractivity contribution in [3.05, 3.63) is 29.6 Å². The lowest BCUT2D eigenvalue weighted by Crippen LogP contribution is -2.33. The summed E-state index contributed by atoms with van der Waals surface area (Å²) in [5, 5.41) is 3.01. The summed E-state index contributed by atoms with van der Waals surface area (Å²) >= 11 is 0. The van der Waals surface area contributed by atoms with Crippen molar-refractivity contribution in [2.24, 2.45) is 5.73 Å². The maximum absolute atomic E-state index is 12.2. The average molecular weight is 273 g/mol. The molecule has 20 heavy (non-hydrogen) atoms. The Hall–Kier alpha value is -1.90. The van der Waals surface area contributed by atoms with Crippen molar-refractivity contribution in [3.8, 4) is 11.8 Å². The highest BCUT2D eigenvalue weighted by Gasteiger charge is 2.25. The molecule has 2 rings (SSSR count). The molecule has 1 heterocycles. The molecule has 5 heteroatoms. The predicted octanol–water partition coefficient (Wildman–Crippen LogP) is 0.689. The molecular weight excluding hydrogens is 254 g/mol. The van der Waals surface area contributed by atoms with Crippen LogP contribution in [-0.2, 0) is 4.74 Å². The summed E-state index contributed by atoms with van der Waals surface area (Å²) < 4.78 is 5.30. The zero-order chi connectivity index (χ0) is 14.4. The standard InChI is InChI=1S/C15H19N3O2/c1-20-14-5-4-13(8-14)18-15(19)12-7-11(3-2-6-16)9-17-10-12/h7,9-10,13-14H,4-6,8,16H2,1H3,(H,18,19). The first-order valence-corrected chi connectivity index (χ1v) is 6.70. The highest BCUT2D eigenvalue weighted by Crippen LogP contribution is 2.21. The van der Waals surface area contributed by atoms with Gasteiger partial charge in [-0.15, -0.1) is 0 Å². The third-order valence-electron chi connectivity index (χ3n) is 3.39. The quantitative estimate of drug-likeness (QED) is 0.794. The number of carbonyl (C=O) groups is 1. The third-order valence-corrected chi connectivity index (χ3v) is 3.39. The number of nitrogens with one attached hydrogen (secondary N) is 1. The largest absolute Gasteiger partial charge is 0.381 e. The fourth-order valence-electron chi connectivity index (χ4n) is 2.34. The smallest absolute Gasteiger partial charge is 0.253 e. The van der Waals surface area contributed by atoms with Crippen LogP contribution in [0, 0.1) is 11.8 Å². The Kier molecular flexibility index (Phi) is 5.10. The SMILES string of the molecule is COC1CCC(NC(=O)c2cncc(C#CCN)c2)C1. The Labute approximate surface area is 118 Å². The van der Waals surface area contributed by atoms with Crippen LogP contribution in [0.1, 0.15) is 35.2 Å². The fraction of sp³-hybridized carbons (Fsp3) is 0.467. The normalized spacial score (nSPS) is 21.1. The lowest BCUT2D eigenvalue weighted by atomic mass is 10.1. The Morgan fingerprint density at radius 2 is 2.40 bits per heavy atom. The number of rotatable bonds is 3. The second-order valence-corrected chi connectivity index (χ2v) is 4.81. The Bertz CT molecular complexity index is 533. The molecule has 0 bridgehead atoms. The van der Waals surface area contributed by atoms with E-state index in [1.165, 1.54) is 0 Å². The van der Waals surface area contributed by atoms with Crippen LogP contribution in [0.5, 0.6) is 0 Å². The van der Waals surface area contributed by atoms with Crippen molar-refractivity contribution < 1.29 is 9.53 Å². The molecule has 1 amide bonds. The van der Waals surface area contributed by atoms with Gasteiger partial charge in [0.15, 0.2) is 0 Å². The van der Waals surface area contributed by atoms with E-state index in [0.717, 1.165) is 19.3 Å². The summed E-state index contributed by atoms with van der Waals surface area (Å²) in [6.45, 7) is 0.289. The van der Waals surface area contributed by atoms with E-state index in [2.05, 4.69) is 22.1 Å². The molecule has 1 aromatic rings. The number of nitrogens with two attached hydrogens (primary N) is 1. The molecule has 0 aromatic carbocycles. The van der Waals surface area contributed by atoms with Gasteiger partial charge in [0.05, 0.1) is 18.2 Å². The maximum atomic E-state index is 12.2. The van der Waals surface area contributed by atoms with Gasteiger partial charge < -0.3 is 15.8 Å². The van der Waals surface area contributed by atoms with Crippen LogP contribution in [0.15, 0.2) is 18.5 Å². The minimum atomic E-state index is -0.115. The van der Waals surface area contributed by atoms with Crippen molar-refractivity contribution in [2.75, 3.05) is 13.7 Å². The molecule has 1 aromatic heterocycles. The van der Waals surface area contributed by atoms with E-state index in [0.29, 0.717) is 11.1 Å². The minimum Gasteiger partial charge on any atom is -0.381 e. The summed E-state index contributed by atoms with van der Waals surface area (Å²) in [7, 11) is 1.71. The van der Waals surface area contributed by atoms with E-state index in [4.69, 9.17) is 10.5 Å². The van der Waals surface area contributed by atoms with Crippen LogP contribution in [0.2, 0.25) is 0 Å². The van der Waals surface area contributed by atoms with Crippen LogP contribution in [0.25, 0.3) is 0 Å². The number of ether oxygens (including phenoxy) is 1. The van der Waals surface area contributed by atoms with Gasteiger partial charge in [0.2, 0.25) is 0 Å². The number of amides is 1. The first-order chi connectivity index (χ1) is 9.72. The Morgan fingerprint density at radius 3 is 3.10 bits per heavy atom. The third kappa shape index (κ3) is 3.80. The zero-order valence-electron chi connectivity index (χ0n) is 11.6. The van der Waals surface area contributed by atoms with Crippen LogP contribution >= 0.6 is 0 Å². The van der Waals surface area contributed by atoms with Crippen molar-refractivity contribution in [1.29, 1.82) is 0 Å². The zero-order valence-corrected chi connectivity index (χ0v) is 11.6. The van der Waals surface area contributed by atoms with Crippen LogP contribution in [0.3, 0.4) is 0 Å². The van der Waals surface area contributed by atoms with Gasteiger partial charge in [-0.3, -0.25) is 9.78 Å². The van der Waals surface area contributed by atoms with Crippen molar-refractivity contribution in [1.82, 2.24) is 10.3 Å². The molecule has 1 saturated carbocycles. The molecule has 1 fully saturated rings. The average Bonchev–Trinajstić information content (AvgIpc) is 2.93. The molecule has 1 aliphatic rings. The van der Waals surface area contributed by atoms with Gasteiger partial charge in [0, 0.05) is 31.1 Å². The number of carbonyl (C=O) groups excluding carboxylic acids is 1. The van der Waals surface area contributed by atoms with Gasteiger partial charge in [-0.25, -0.2) is 0 Å². The predicted molar refractivity (Wildman–Crippen MR) is 76.1 cm³/mol. The molecular formula is C15H19N3O2. The number of pyridine rings is 1. The molecule has 2 atom stereocenters. The monoisotopic (exact) mass is 273 g/mol. The molecule has 0 aliphatic heterocycles. The van der Waals surface area contributed by atoms with Gasteiger partial charge in [-0.05, 0) is 25.3 Å². The molecule has 1 aliphatic carbocycles. The molecule has 106 valence electrons. The molecule has 0 saturated heterocycles. The molecule has 2 unspecified atom stereocenters. The number of nitrogens with zero attached hydrogens (tertiary/aromatic N) is 1. The first kappa shape index (κ1) is 14.5. The summed E-state index contributed by atoms with van der Waals surface area (Å²) in [6, 6.07) is 1.90. The van der Waals surface area contributed by atoms with Gasteiger partial charge in [0.1, 0.15) is 0 Å². The van der Waals surface area contributed by atoms with E-state index >= 15 is 0 Å². The summed E-state index contributed by atoms with van der Waals surface area (Å²) in [5.74, 6) is 5.50. The van der Waals surface area contributed by atoms with Crippen molar-refractivity contribution in [2.45, 2.75) is 31.4 Å². The topological polar surface area (TPSA) is 77.2 Å². The Balaban J connectivity index is 1.99. The first-order valence-electron chi connectivity index (χ1n) is 6.70. The molecule has 3 N–H and O–H groups in total. The van der Waals surface area contributed by atoms with Crippen LogP contribution in [-0.4, -0.2) is 36.7 Å². The van der Waals surface area contributed by atoms with Crippen molar-refractivity contribution >= 4 is 5.91 Å². The lowest BCUT2D eigenvalue weighted by molar-refractivity contribution is 0.0914. The summed E-state index contributed by atoms with van der Waals surface area (Å²) in [5.41, 5.74) is 6.55. The van der Waals surface area contributed by atoms with E-state index in [1.807, 2.05) is 0 Å². The highest BCUT2D eigenvalue weighted by atomic mass is 16.5. The number of aromatic nitrogens is 1. The number of hydrogen-bond donors (Lipinski definition) is 2. The van der Waals surface area contributed by atoms with Crippen LogP contribution < -0.4 is 11.1 Å². The van der Waals surface area contributed by atoms with E-state index in [-0.39, 0.29) is 24.6 Å². The van der Waals surface area contributed by atoms with Crippen LogP contribution in [0.4, 0.5) is 0 Å². The molecule has 0 radical (unpaired) electrons. The van der Waals surface area contributed by atoms with Gasteiger partial charge in [-0.1, -0.05) is 11.8 Å². The number of methoxy groups -OCH3 is 1. The van der Waals surface area contributed by atoms with E-state index < -0.39 is 0 Å². The van der Waals surface area contributed by atoms with E-state index in [1.54, 1.807) is 25.6 Å². The van der Waals surface area contributed by atoms with Crippen molar-refractivity contribution in [3.63, 3.8) is 0 Å².